The highest BCUT2D eigenvalue weighted by Crippen LogP contribution is 2.32. The van der Waals surface area contributed by atoms with E-state index in [4.69, 9.17) is 15.0 Å². The van der Waals surface area contributed by atoms with Gasteiger partial charge in [0.15, 0.2) is 0 Å². The molecule has 7 rings (SSSR count). The highest BCUT2D eigenvalue weighted by Gasteiger charge is 2.20. The number of hydrogen-bond acceptors (Lipinski definition) is 12. The molecule has 0 unspecified atom stereocenters. The number of rotatable bonds is 12. The molecule has 0 aliphatic heterocycles. The second kappa shape index (κ2) is 16.1. The van der Waals surface area contributed by atoms with E-state index in [2.05, 4.69) is 30.7 Å². The molecule has 0 spiro atoms. The Balaban J connectivity index is 1.17. The zero-order valence-electron chi connectivity index (χ0n) is 33.4. The summed E-state index contributed by atoms with van der Waals surface area (Å²) in [6, 6.07) is 23.2. The fourth-order valence-electron chi connectivity index (χ4n) is 5.85. The molecule has 4 aromatic heterocycles. The summed E-state index contributed by atoms with van der Waals surface area (Å²) in [7, 11) is 17.3. The van der Waals surface area contributed by atoms with Crippen molar-refractivity contribution >= 4 is 69.8 Å². The van der Waals surface area contributed by atoms with Gasteiger partial charge in [-0.3, -0.25) is 0 Å². The molecule has 0 radical (unpaired) electrons. The van der Waals surface area contributed by atoms with Crippen LogP contribution in [0.4, 0.5) is 69.8 Å². The van der Waals surface area contributed by atoms with Crippen LogP contribution in [-0.2, 0) is 42.3 Å². The Morgan fingerprint density at radius 3 is 0.860 bits per heavy atom. The highest BCUT2D eigenvalue weighted by atomic mass is 15.4. The molecule has 0 fully saturated rings. The van der Waals surface area contributed by atoms with E-state index in [0.717, 1.165) is 34.9 Å². The number of aryl methyl sites for hydroxylation is 6. The number of hydrogen-bond donors (Lipinski definition) is 0. The number of anilines is 6. The summed E-state index contributed by atoms with van der Waals surface area (Å²) in [5, 5.41) is 26.6. The van der Waals surface area contributed by atoms with Crippen LogP contribution >= 0.6 is 0 Å². The minimum atomic E-state index is 0.445. The zero-order chi connectivity index (χ0) is 40.2. The predicted molar refractivity (Wildman–Crippen MR) is 216 cm³/mol. The van der Waals surface area contributed by atoms with Crippen LogP contribution in [0.5, 0.6) is 0 Å². The molecule has 57 heavy (non-hydrogen) atoms. The Morgan fingerprint density at radius 1 is 0.404 bits per heavy atom. The highest BCUT2D eigenvalue weighted by molar-refractivity contribution is 5.67. The molecule has 0 aliphatic carbocycles. The number of aromatic nitrogens is 9. The molecule has 0 saturated heterocycles. The molecule has 0 atom stereocenters. The van der Waals surface area contributed by atoms with E-state index in [-0.39, 0.29) is 0 Å². The van der Waals surface area contributed by atoms with E-state index in [1.54, 1.807) is 0 Å². The van der Waals surface area contributed by atoms with E-state index in [1.807, 2.05) is 216 Å². The summed E-state index contributed by atoms with van der Waals surface area (Å²) in [5.74, 6) is 3.53. The van der Waals surface area contributed by atoms with Gasteiger partial charge >= 0.3 is 17.8 Å². The van der Waals surface area contributed by atoms with Crippen molar-refractivity contribution in [2.75, 3.05) is 35.8 Å². The van der Waals surface area contributed by atoms with Crippen molar-refractivity contribution in [3.8, 4) is 0 Å². The van der Waals surface area contributed by atoms with Crippen LogP contribution in [0.15, 0.2) is 141 Å². The molecule has 0 N–H and O–H groups in total. The van der Waals surface area contributed by atoms with Gasteiger partial charge in [-0.25, -0.2) is 27.4 Å². The van der Waals surface area contributed by atoms with Crippen LogP contribution in [-0.4, -0.2) is 49.8 Å². The van der Waals surface area contributed by atoms with Crippen molar-refractivity contribution in [2.45, 2.75) is 0 Å². The first-order valence-corrected chi connectivity index (χ1v) is 18.0. The van der Waals surface area contributed by atoms with E-state index < -0.39 is 0 Å². The second-order valence-corrected chi connectivity index (χ2v) is 13.5. The lowest BCUT2D eigenvalue weighted by molar-refractivity contribution is -0.657. The van der Waals surface area contributed by atoms with Crippen molar-refractivity contribution < 1.29 is 13.7 Å². The Bertz CT molecular complexity index is 2220. The van der Waals surface area contributed by atoms with Crippen LogP contribution in [0.1, 0.15) is 0 Å². The standard InChI is InChI=1S/C39H45N18/c1-49-22-23-50(2)37(49)46-43-28-10-16-31(17-11-28)55(7)34-40-35(56(8)32-18-12-29(13-19-32)44-47-38-51(3)24-25-52(38)4)42-36(41-34)57(9)33-20-14-30(15-21-33)45-48-39-53(5)26-27-54(39)6/h10-27H,1-9H3/q+3. The zero-order valence-corrected chi connectivity index (χ0v) is 33.4. The fraction of sp³-hybridized carbons (Fsp3) is 0.231. The van der Waals surface area contributed by atoms with Gasteiger partial charge in [0.1, 0.15) is 17.1 Å². The first-order valence-electron chi connectivity index (χ1n) is 18.0. The third kappa shape index (κ3) is 8.29. The van der Waals surface area contributed by atoms with Gasteiger partial charge < -0.3 is 14.7 Å². The van der Waals surface area contributed by atoms with Gasteiger partial charge in [-0.05, 0) is 72.8 Å². The summed E-state index contributed by atoms with van der Waals surface area (Å²) in [6.45, 7) is 0. The maximum Gasteiger partial charge on any atom is 0.421 e. The molecule has 288 valence electrons. The molecular weight excluding hydrogens is 721 g/mol. The summed E-state index contributed by atoms with van der Waals surface area (Å²) in [6.07, 6.45) is 11.6. The molecule has 7 aromatic rings. The van der Waals surface area contributed by atoms with Crippen LogP contribution in [0.2, 0.25) is 0 Å². The molecule has 18 heteroatoms. The van der Waals surface area contributed by atoms with E-state index in [1.165, 1.54) is 0 Å². The van der Waals surface area contributed by atoms with Gasteiger partial charge in [-0.2, -0.15) is 15.0 Å². The molecule has 0 saturated carbocycles. The molecule has 0 aliphatic rings. The third-order valence-electron chi connectivity index (χ3n) is 9.41. The minimum Gasteiger partial charge on any atom is -0.313 e. The van der Waals surface area contributed by atoms with Crippen molar-refractivity contribution in [1.29, 1.82) is 0 Å². The smallest absolute Gasteiger partial charge is 0.313 e. The minimum absolute atomic E-state index is 0.445. The fourth-order valence-corrected chi connectivity index (χ4v) is 5.85. The largest absolute Gasteiger partial charge is 0.421 e. The SMILES string of the molecule is CN(c1ccc(N=Nc2n(C)cc[n+]2C)cc1)c1nc(N(C)c2ccc(N=Nc3n(C)cc[n+]3C)cc2)nc(N(C)c2ccc(N=Nc3n(C)cc[n+]3C)cc2)n1. The lowest BCUT2D eigenvalue weighted by Crippen LogP contribution is -2.25. The summed E-state index contributed by atoms with van der Waals surface area (Å²) < 4.78 is 11.5. The first-order chi connectivity index (χ1) is 27.4. The van der Waals surface area contributed by atoms with E-state index >= 15 is 0 Å². The van der Waals surface area contributed by atoms with Gasteiger partial charge in [0, 0.05) is 53.5 Å². The molecule has 4 heterocycles. The average molecular weight is 766 g/mol. The van der Waals surface area contributed by atoms with E-state index in [9.17, 15) is 0 Å². The van der Waals surface area contributed by atoms with Crippen LogP contribution in [0.25, 0.3) is 0 Å². The van der Waals surface area contributed by atoms with Crippen molar-refractivity contribution in [3.05, 3.63) is 110 Å². The third-order valence-corrected chi connectivity index (χ3v) is 9.41. The quantitative estimate of drug-likeness (QED) is 0.0975. The Kier molecular flexibility index (Phi) is 10.7. The van der Waals surface area contributed by atoms with Gasteiger partial charge in [-0.15, -0.1) is 0 Å². The second-order valence-electron chi connectivity index (χ2n) is 13.5. The predicted octanol–water partition coefficient (Wildman–Crippen LogP) is 6.91. The number of nitrogens with zero attached hydrogens (tertiary/aromatic N) is 18. The van der Waals surface area contributed by atoms with Crippen LogP contribution < -0.4 is 28.4 Å². The summed E-state index contributed by atoms with van der Waals surface area (Å²) in [5.41, 5.74) is 4.71. The summed E-state index contributed by atoms with van der Waals surface area (Å²) >= 11 is 0. The molecule has 0 amide bonds. The Morgan fingerprint density at radius 2 is 0.649 bits per heavy atom. The normalized spacial score (nSPS) is 11.7. The monoisotopic (exact) mass is 765 g/mol. The number of imidazole rings is 3. The Hall–Kier alpha value is -7.50. The van der Waals surface area contributed by atoms with Gasteiger partial charge in [0.05, 0.1) is 79.5 Å². The average Bonchev–Trinajstić information content (AvgIpc) is 3.86. The molecule has 3 aromatic carbocycles. The summed E-state index contributed by atoms with van der Waals surface area (Å²) in [4.78, 5) is 20.6. The number of benzene rings is 3. The molecular formula is C39H45N18+3. The lowest BCUT2D eigenvalue weighted by Gasteiger charge is -2.24. The van der Waals surface area contributed by atoms with Gasteiger partial charge in [-0.1, -0.05) is 15.3 Å². The van der Waals surface area contributed by atoms with Crippen LogP contribution in [0.3, 0.4) is 0 Å². The van der Waals surface area contributed by atoms with Crippen LogP contribution in [0, 0.1) is 0 Å². The van der Waals surface area contributed by atoms with Crippen molar-refractivity contribution in [1.82, 2.24) is 28.7 Å². The maximum atomic E-state index is 4.94. The van der Waals surface area contributed by atoms with Gasteiger partial charge in [0.2, 0.25) is 17.8 Å². The number of azo groups is 3. The van der Waals surface area contributed by atoms with Gasteiger partial charge in [0.25, 0.3) is 0 Å². The van der Waals surface area contributed by atoms with E-state index in [0.29, 0.717) is 34.9 Å². The lowest BCUT2D eigenvalue weighted by atomic mass is 10.2. The Labute approximate surface area is 330 Å². The maximum absolute atomic E-state index is 4.94. The topological polar surface area (TPSA) is 149 Å². The van der Waals surface area contributed by atoms with Crippen molar-refractivity contribution in [2.24, 2.45) is 73.0 Å². The first kappa shape index (κ1) is 37.8. The molecule has 0 bridgehead atoms. The van der Waals surface area contributed by atoms with Crippen molar-refractivity contribution in [3.63, 3.8) is 0 Å². The molecule has 18 nitrogen and oxygen atoms in total.